The average Bonchev–Trinajstić information content (AvgIpc) is 2.98. The number of hydrogen-bond donors (Lipinski definition) is 1. The zero-order valence-electron chi connectivity index (χ0n) is 14.3. The average molecular weight is 393 g/mol. The Balaban J connectivity index is 1.97. The number of anilines is 1. The number of nitrogens with zero attached hydrogens (tertiary/aromatic N) is 1. The van der Waals surface area contributed by atoms with Crippen LogP contribution in [0.3, 0.4) is 0 Å². The van der Waals surface area contributed by atoms with E-state index in [0.29, 0.717) is 40.7 Å². The van der Waals surface area contributed by atoms with Gasteiger partial charge in [0.1, 0.15) is 5.00 Å². The van der Waals surface area contributed by atoms with Crippen molar-refractivity contribution in [3.63, 3.8) is 0 Å². The Morgan fingerprint density at radius 3 is 2.65 bits per heavy atom. The minimum atomic E-state index is -0.506. The Hall–Kier alpha value is -2.38. The van der Waals surface area contributed by atoms with Gasteiger partial charge < -0.3 is 15.0 Å². The number of methoxy groups -OCH3 is 1. The van der Waals surface area contributed by atoms with Gasteiger partial charge in [0, 0.05) is 18.3 Å². The van der Waals surface area contributed by atoms with Gasteiger partial charge in [-0.1, -0.05) is 23.7 Å². The lowest BCUT2D eigenvalue weighted by Crippen LogP contribution is -2.33. The molecule has 0 atom stereocenters. The summed E-state index contributed by atoms with van der Waals surface area (Å²) in [5.41, 5.74) is 1.51. The fourth-order valence-electron chi connectivity index (χ4n) is 2.89. The summed E-state index contributed by atoms with van der Waals surface area (Å²) in [6.45, 7) is 2.46. The van der Waals surface area contributed by atoms with Gasteiger partial charge >= 0.3 is 5.97 Å². The van der Waals surface area contributed by atoms with E-state index in [1.165, 1.54) is 25.4 Å². The lowest BCUT2D eigenvalue weighted by Gasteiger charge is -2.25. The molecule has 0 saturated carbocycles. The summed E-state index contributed by atoms with van der Waals surface area (Å²) >= 11 is 7.36. The van der Waals surface area contributed by atoms with Gasteiger partial charge in [0.25, 0.3) is 5.91 Å². The van der Waals surface area contributed by atoms with E-state index in [0.717, 1.165) is 10.4 Å². The highest BCUT2D eigenvalue weighted by atomic mass is 35.5. The normalized spacial score (nSPS) is 13.1. The third kappa shape index (κ3) is 3.45. The van der Waals surface area contributed by atoms with Crippen molar-refractivity contribution < 1.29 is 19.1 Å². The first-order valence-corrected chi connectivity index (χ1v) is 9.16. The molecule has 0 aliphatic carbocycles. The molecule has 3 rings (SSSR count). The number of hydrogen-bond acceptors (Lipinski definition) is 5. The van der Waals surface area contributed by atoms with Crippen molar-refractivity contribution in [2.75, 3.05) is 19.0 Å². The summed E-state index contributed by atoms with van der Waals surface area (Å²) in [7, 11) is 1.30. The van der Waals surface area contributed by atoms with Gasteiger partial charge in [-0.15, -0.1) is 11.3 Å². The highest BCUT2D eigenvalue weighted by Crippen LogP contribution is 2.38. The van der Waals surface area contributed by atoms with Crippen LogP contribution in [0.2, 0.25) is 5.02 Å². The largest absolute Gasteiger partial charge is 0.465 e. The quantitative estimate of drug-likeness (QED) is 0.813. The molecule has 2 aromatic rings. The standard InChI is InChI=1S/C18H17ClN2O4S/c1-10(22)21-8-7-12-14(9-21)26-17(15(12)18(24)25-2)20-16(23)11-5-3-4-6-13(11)19/h3-6H,7-9H2,1-2H3,(H,20,23). The fourth-order valence-corrected chi connectivity index (χ4v) is 4.36. The van der Waals surface area contributed by atoms with Crippen molar-refractivity contribution in [2.45, 2.75) is 19.9 Å². The summed E-state index contributed by atoms with van der Waals surface area (Å²) in [5, 5.41) is 3.52. The molecule has 1 N–H and O–H groups in total. The first-order chi connectivity index (χ1) is 12.4. The molecule has 1 aliphatic heterocycles. The van der Waals surface area contributed by atoms with Crippen LogP contribution in [0.4, 0.5) is 5.00 Å². The van der Waals surface area contributed by atoms with Crippen LogP contribution in [-0.2, 0) is 22.5 Å². The first-order valence-electron chi connectivity index (χ1n) is 7.96. The van der Waals surface area contributed by atoms with Crippen LogP contribution in [0.15, 0.2) is 24.3 Å². The maximum absolute atomic E-state index is 12.6. The fraction of sp³-hybridized carbons (Fsp3) is 0.278. The van der Waals surface area contributed by atoms with Crippen molar-refractivity contribution in [2.24, 2.45) is 0 Å². The molecule has 8 heteroatoms. The Morgan fingerprint density at radius 2 is 2.00 bits per heavy atom. The van der Waals surface area contributed by atoms with E-state index in [4.69, 9.17) is 16.3 Å². The van der Waals surface area contributed by atoms with E-state index in [1.807, 2.05) is 0 Å². The number of carbonyl (C=O) groups is 3. The number of amides is 2. The van der Waals surface area contributed by atoms with E-state index in [1.54, 1.807) is 29.2 Å². The number of thiophene rings is 1. The van der Waals surface area contributed by atoms with Crippen LogP contribution >= 0.6 is 22.9 Å². The zero-order valence-corrected chi connectivity index (χ0v) is 15.9. The third-order valence-electron chi connectivity index (χ3n) is 4.24. The highest BCUT2D eigenvalue weighted by molar-refractivity contribution is 7.17. The molecular weight excluding hydrogens is 376 g/mol. The first kappa shape index (κ1) is 18.4. The second-order valence-corrected chi connectivity index (χ2v) is 7.34. The molecule has 0 unspecified atom stereocenters. The lowest BCUT2D eigenvalue weighted by molar-refractivity contribution is -0.129. The van der Waals surface area contributed by atoms with E-state index in [2.05, 4.69) is 5.32 Å². The number of rotatable bonds is 3. The smallest absolute Gasteiger partial charge is 0.341 e. The molecule has 2 heterocycles. The van der Waals surface area contributed by atoms with Crippen LogP contribution < -0.4 is 5.32 Å². The molecule has 26 heavy (non-hydrogen) atoms. The molecule has 0 spiro atoms. The summed E-state index contributed by atoms with van der Waals surface area (Å²) in [4.78, 5) is 39.1. The number of fused-ring (bicyclic) bond motifs is 1. The van der Waals surface area contributed by atoms with Crippen LogP contribution in [0, 0.1) is 0 Å². The number of ether oxygens (including phenoxy) is 1. The maximum atomic E-state index is 12.6. The minimum absolute atomic E-state index is 0.0229. The zero-order chi connectivity index (χ0) is 18.8. The SMILES string of the molecule is COC(=O)c1c(NC(=O)c2ccccc2Cl)sc2c1CCN(C(C)=O)C2. The predicted octanol–water partition coefficient (Wildman–Crippen LogP) is 3.35. The van der Waals surface area contributed by atoms with Crippen LogP contribution in [0.1, 0.15) is 38.1 Å². The Bertz CT molecular complexity index is 893. The lowest BCUT2D eigenvalue weighted by atomic mass is 10.0. The van der Waals surface area contributed by atoms with Gasteiger partial charge in [-0.2, -0.15) is 0 Å². The Morgan fingerprint density at radius 1 is 1.27 bits per heavy atom. The third-order valence-corrected chi connectivity index (χ3v) is 5.70. The number of halogens is 1. The van der Waals surface area contributed by atoms with Gasteiger partial charge in [-0.25, -0.2) is 4.79 Å². The predicted molar refractivity (Wildman–Crippen MR) is 99.9 cm³/mol. The van der Waals surface area contributed by atoms with Crippen LogP contribution in [0.25, 0.3) is 0 Å². The van der Waals surface area contributed by atoms with Crippen molar-refractivity contribution in [1.82, 2.24) is 4.90 Å². The van der Waals surface area contributed by atoms with E-state index >= 15 is 0 Å². The van der Waals surface area contributed by atoms with Gasteiger partial charge in [0.15, 0.2) is 0 Å². The number of benzene rings is 1. The minimum Gasteiger partial charge on any atom is -0.465 e. The van der Waals surface area contributed by atoms with Gasteiger partial charge in [-0.3, -0.25) is 9.59 Å². The second kappa shape index (κ2) is 7.47. The summed E-state index contributed by atoms with van der Waals surface area (Å²) in [5.74, 6) is -0.929. The molecule has 1 aromatic heterocycles. The van der Waals surface area contributed by atoms with Crippen molar-refractivity contribution in [3.05, 3.63) is 50.9 Å². The molecule has 0 bridgehead atoms. The molecule has 136 valence electrons. The molecule has 6 nitrogen and oxygen atoms in total. The van der Waals surface area contributed by atoms with Gasteiger partial charge in [-0.05, 0) is 24.1 Å². The summed E-state index contributed by atoms with van der Waals surface area (Å²) in [6.07, 6.45) is 0.539. The number of nitrogens with one attached hydrogen (secondary N) is 1. The van der Waals surface area contributed by atoms with Crippen molar-refractivity contribution in [3.8, 4) is 0 Å². The second-order valence-electron chi connectivity index (χ2n) is 5.82. The van der Waals surface area contributed by atoms with E-state index < -0.39 is 11.9 Å². The van der Waals surface area contributed by atoms with Crippen molar-refractivity contribution in [1.29, 1.82) is 0 Å². The van der Waals surface area contributed by atoms with Crippen molar-refractivity contribution >= 4 is 45.7 Å². The molecule has 0 saturated heterocycles. The summed E-state index contributed by atoms with van der Waals surface area (Å²) < 4.78 is 4.90. The number of carbonyl (C=O) groups excluding carboxylic acids is 3. The Kier molecular flexibility index (Phi) is 5.29. The van der Waals surface area contributed by atoms with E-state index in [-0.39, 0.29) is 5.91 Å². The molecule has 1 aliphatic rings. The Labute approximate surface area is 159 Å². The van der Waals surface area contributed by atoms with Gasteiger partial charge in [0.05, 0.1) is 29.8 Å². The van der Waals surface area contributed by atoms with Crippen LogP contribution in [0.5, 0.6) is 0 Å². The summed E-state index contributed by atoms with van der Waals surface area (Å²) in [6, 6.07) is 6.69. The molecule has 1 aromatic carbocycles. The molecular formula is C18H17ClN2O4S. The highest BCUT2D eigenvalue weighted by Gasteiger charge is 2.30. The topological polar surface area (TPSA) is 75.7 Å². The van der Waals surface area contributed by atoms with E-state index in [9.17, 15) is 14.4 Å². The van der Waals surface area contributed by atoms with Gasteiger partial charge in [0.2, 0.25) is 5.91 Å². The number of esters is 1. The maximum Gasteiger partial charge on any atom is 0.341 e. The molecule has 2 amide bonds. The van der Waals surface area contributed by atoms with Crippen LogP contribution in [-0.4, -0.2) is 36.3 Å². The molecule has 0 fully saturated rings. The monoisotopic (exact) mass is 392 g/mol. The molecule has 0 radical (unpaired) electrons.